The quantitative estimate of drug-likeness (QED) is 0.673. The average molecular weight is 254 g/mol. The van der Waals surface area contributed by atoms with Gasteiger partial charge in [0.1, 0.15) is 12.4 Å². The molecule has 3 nitrogen and oxygen atoms in total. The third-order valence-corrected chi connectivity index (χ3v) is 2.57. The Hall–Kier alpha value is -2.55. The molecule has 0 heterocycles. The first-order valence-corrected chi connectivity index (χ1v) is 5.92. The largest absolute Gasteiger partial charge is 0.508 e. The van der Waals surface area contributed by atoms with E-state index in [1.807, 2.05) is 30.3 Å². The van der Waals surface area contributed by atoms with Crippen molar-refractivity contribution in [2.24, 2.45) is 0 Å². The van der Waals surface area contributed by atoms with E-state index in [2.05, 4.69) is 0 Å². The zero-order chi connectivity index (χ0) is 13.5. The molecular formula is C16H14O3. The monoisotopic (exact) mass is 254 g/mol. The zero-order valence-corrected chi connectivity index (χ0v) is 10.3. The van der Waals surface area contributed by atoms with Crippen LogP contribution in [0.3, 0.4) is 0 Å². The van der Waals surface area contributed by atoms with Gasteiger partial charge in [0, 0.05) is 11.6 Å². The van der Waals surface area contributed by atoms with Gasteiger partial charge in [0.2, 0.25) is 0 Å². The SMILES string of the molecule is O=C(C=Cc1ccccc1)OCc1ccccc1O. The van der Waals surface area contributed by atoms with Crippen LogP contribution in [-0.4, -0.2) is 11.1 Å². The Morgan fingerprint density at radius 1 is 1.05 bits per heavy atom. The number of para-hydroxylation sites is 1. The van der Waals surface area contributed by atoms with Crippen molar-refractivity contribution < 1.29 is 14.6 Å². The number of hydrogen-bond acceptors (Lipinski definition) is 3. The Balaban J connectivity index is 1.89. The lowest BCUT2D eigenvalue weighted by Gasteiger charge is -2.04. The number of phenolic OH excluding ortho intramolecular Hbond substituents is 1. The lowest BCUT2D eigenvalue weighted by atomic mass is 10.2. The fraction of sp³-hybridized carbons (Fsp3) is 0.0625. The summed E-state index contributed by atoms with van der Waals surface area (Å²) in [5.41, 5.74) is 1.52. The lowest BCUT2D eigenvalue weighted by Crippen LogP contribution is -2.00. The van der Waals surface area contributed by atoms with Crippen molar-refractivity contribution in [2.45, 2.75) is 6.61 Å². The van der Waals surface area contributed by atoms with Crippen molar-refractivity contribution >= 4 is 12.0 Å². The Morgan fingerprint density at radius 3 is 2.47 bits per heavy atom. The second kappa shape index (κ2) is 6.40. The van der Waals surface area contributed by atoms with E-state index in [1.54, 1.807) is 30.3 Å². The highest BCUT2D eigenvalue weighted by molar-refractivity contribution is 5.87. The van der Waals surface area contributed by atoms with Gasteiger partial charge >= 0.3 is 5.97 Å². The summed E-state index contributed by atoms with van der Waals surface area (Å²) < 4.78 is 5.04. The fourth-order valence-electron chi connectivity index (χ4n) is 1.56. The molecule has 2 aromatic carbocycles. The van der Waals surface area contributed by atoms with Crippen LogP contribution in [-0.2, 0) is 16.1 Å². The van der Waals surface area contributed by atoms with Crippen molar-refractivity contribution in [3.63, 3.8) is 0 Å². The molecule has 0 radical (unpaired) electrons. The van der Waals surface area contributed by atoms with E-state index < -0.39 is 5.97 Å². The summed E-state index contributed by atoms with van der Waals surface area (Å²) >= 11 is 0. The molecule has 19 heavy (non-hydrogen) atoms. The molecule has 3 heteroatoms. The Kier molecular flexibility index (Phi) is 4.34. The molecule has 0 amide bonds. The molecule has 0 aliphatic carbocycles. The normalized spacial score (nSPS) is 10.5. The number of carbonyl (C=O) groups is 1. The number of carbonyl (C=O) groups excluding carboxylic acids is 1. The summed E-state index contributed by atoms with van der Waals surface area (Å²) in [6.07, 6.45) is 3.06. The van der Waals surface area contributed by atoms with E-state index in [9.17, 15) is 9.90 Å². The molecule has 1 N–H and O–H groups in total. The molecule has 0 atom stereocenters. The van der Waals surface area contributed by atoms with Crippen molar-refractivity contribution in [1.29, 1.82) is 0 Å². The first kappa shape index (κ1) is 12.9. The molecular weight excluding hydrogens is 240 g/mol. The molecule has 0 fully saturated rings. The van der Waals surface area contributed by atoms with Crippen molar-refractivity contribution in [1.82, 2.24) is 0 Å². The smallest absolute Gasteiger partial charge is 0.331 e. The minimum absolute atomic E-state index is 0.0602. The minimum atomic E-state index is -0.438. The van der Waals surface area contributed by atoms with Crippen molar-refractivity contribution in [3.8, 4) is 5.75 Å². The number of hydrogen-bond donors (Lipinski definition) is 1. The second-order valence-electron chi connectivity index (χ2n) is 3.98. The zero-order valence-electron chi connectivity index (χ0n) is 10.3. The Labute approximate surface area is 111 Å². The molecule has 0 saturated carbocycles. The van der Waals surface area contributed by atoms with Gasteiger partial charge in [0.05, 0.1) is 0 Å². The van der Waals surface area contributed by atoms with Crippen LogP contribution in [0.25, 0.3) is 6.08 Å². The highest BCUT2D eigenvalue weighted by Gasteiger charge is 2.02. The van der Waals surface area contributed by atoms with E-state index in [0.29, 0.717) is 5.56 Å². The molecule has 2 aromatic rings. The highest BCUT2D eigenvalue weighted by atomic mass is 16.5. The van der Waals surface area contributed by atoms with Crippen molar-refractivity contribution in [2.75, 3.05) is 0 Å². The topological polar surface area (TPSA) is 46.5 Å². The van der Waals surface area contributed by atoms with Gasteiger partial charge in [0.25, 0.3) is 0 Å². The van der Waals surface area contributed by atoms with E-state index in [-0.39, 0.29) is 12.4 Å². The summed E-state index contributed by atoms with van der Waals surface area (Å²) in [4.78, 5) is 11.5. The van der Waals surface area contributed by atoms with Gasteiger partial charge in [-0.15, -0.1) is 0 Å². The summed E-state index contributed by atoms with van der Waals surface area (Å²) in [5, 5.41) is 9.52. The highest BCUT2D eigenvalue weighted by Crippen LogP contribution is 2.16. The van der Waals surface area contributed by atoms with Gasteiger partial charge in [-0.2, -0.15) is 0 Å². The second-order valence-corrected chi connectivity index (χ2v) is 3.98. The first-order valence-electron chi connectivity index (χ1n) is 5.92. The van der Waals surface area contributed by atoms with Gasteiger partial charge < -0.3 is 9.84 Å². The molecule has 0 aromatic heterocycles. The van der Waals surface area contributed by atoms with E-state index in [4.69, 9.17) is 4.74 Å². The van der Waals surface area contributed by atoms with Gasteiger partial charge in [0.15, 0.2) is 0 Å². The summed E-state index contributed by atoms with van der Waals surface area (Å²) in [5.74, 6) is -0.311. The Bertz CT molecular complexity index is 574. The van der Waals surface area contributed by atoms with Gasteiger partial charge in [-0.25, -0.2) is 4.79 Å². The number of benzene rings is 2. The summed E-state index contributed by atoms with van der Waals surface area (Å²) in [6, 6.07) is 16.3. The Morgan fingerprint density at radius 2 is 1.74 bits per heavy atom. The standard InChI is InChI=1S/C16H14O3/c17-15-9-5-4-8-14(15)12-19-16(18)11-10-13-6-2-1-3-7-13/h1-11,17H,12H2. The number of phenols is 1. The summed E-state index contributed by atoms with van der Waals surface area (Å²) in [6.45, 7) is 0.0602. The van der Waals surface area contributed by atoms with Crippen LogP contribution in [0.1, 0.15) is 11.1 Å². The lowest BCUT2D eigenvalue weighted by molar-refractivity contribution is -0.138. The van der Waals surface area contributed by atoms with E-state index in [0.717, 1.165) is 5.56 Å². The van der Waals surface area contributed by atoms with Crippen LogP contribution < -0.4 is 0 Å². The molecule has 0 aliphatic heterocycles. The third kappa shape index (κ3) is 4.00. The van der Waals surface area contributed by atoms with Crippen molar-refractivity contribution in [3.05, 3.63) is 71.8 Å². The first-order chi connectivity index (χ1) is 9.25. The van der Waals surface area contributed by atoms with Gasteiger partial charge in [-0.05, 0) is 17.7 Å². The van der Waals surface area contributed by atoms with E-state index in [1.165, 1.54) is 6.08 Å². The van der Waals surface area contributed by atoms with E-state index >= 15 is 0 Å². The van der Waals surface area contributed by atoms with Crippen LogP contribution in [0, 0.1) is 0 Å². The molecule has 0 spiro atoms. The average Bonchev–Trinajstić information content (AvgIpc) is 2.45. The maximum absolute atomic E-state index is 11.5. The number of rotatable bonds is 4. The number of ether oxygens (including phenoxy) is 1. The minimum Gasteiger partial charge on any atom is -0.508 e. The fourth-order valence-corrected chi connectivity index (χ4v) is 1.56. The summed E-state index contributed by atoms with van der Waals surface area (Å²) in [7, 11) is 0. The predicted octanol–water partition coefficient (Wildman–Crippen LogP) is 3.15. The number of aromatic hydroxyl groups is 1. The van der Waals surface area contributed by atoms with Crippen LogP contribution in [0.15, 0.2) is 60.7 Å². The number of esters is 1. The molecule has 2 rings (SSSR count). The maximum Gasteiger partial charge on any atom is 0.331 e. The van der Waals surface area contributed by atoms with Gasteiger partial charge in [-0.3, -0.25) is 0 Å². The molecule has 0 saturated heterocycles. The molecule has 0 bridgehead atoms. The molecule has 0 unspecified atom stereocenters. The molecule has 0 aliphatic rings. The maximum atomic E-state index is 11.5. The van der Waals surface area contributed by atoms with Crippen LogP contribution in [0.4, 0.5) is 0 Å². The predicted molar refractivity (Wildman–Crippen MR) is 73.4 cm³/mol. The van der Waals surface area contributed by atoms with Crippen LogP contribution in [0.2, 0.25) is 0 Å². The third-order valence-electron chi connectivity index (χ3n) is 2.57. The molecule has 96 valence electrons. The van der Waals surface area contributed by atoms with Crippen LogP contribution in [0.5, 0.6) is 5.75 Å². The van der Waals surface area contributed by atoms with Crippen LogP contribution >= 0.6 is 0 Å². The van der Waals surface area contributed by atoms with Gasteiger partial charge in [-0.1, -0.05) is 48.5 Å².